The molecule has 29 heavy (non-hydrogen) atoms. The summed E-state index contributed by atoms with van der Waals surface area (Å²) in [5.41, 5.74) is 2.74. The van der Waals surface area contributed by atoms with Crippen LogP contribution in [0, 0.1) is 6.92 Å². The van der Waals surface area contributed by atoms with E-state index >= 15 is 0 Å². The van der Waals surface area contributed by atoms with Crippen LogP contribution in [0.2, 0.25) is 5.02 Å². The molecule has 3 aromatic rings. The van der Waals surface area contributed by atoms with Gasteiger partial charge in [0, 0.05) is 10.6 Å². The summed E-state index contributed by atoms with van der Waals surface area (Å²) in [5, 5.41) is 0.643. The van der Waals surface area contributed by atoms with Crippen molar-refractivity contribution in [3.63, 3.8) is 0 Å². The number of benzene rings is 3. The van der Waals surface area contributed by atoms with Gasteiger partial charge >= 0.3 is 5.97 Å². The number of carbonyl (C=O) groups excluding carboxylic acids is 2. The molecule has 1 atom stereocenters. The number of hydrogen-bond acceptors (Lipinski definition) is 4. The zero-order chi connectivity index (χ0) is 20.8. The second-order valence-electron chi connectivity index (χ2n) is 6.69. The van der Waals surface area contributed by atoms with E-state index in [0.717, 1.165) is 11.1 Å². The third kappa shape index (κ3) is 5.46. The van der Waals surface area contributed by atoms with Gasteiger partial charge in [0.15, 0.2) is 6.10 Å². The van der Waals surface area contributed by atoms with Gasteiger partial charge in [-0.1, -0.05) is 65.7 Å². The monoisotopic (exact) mass is 408 g/mol. The lowest BCUT2D eigenvalue weighted by Gasteiger charge is -2.15. The Balaban J connectivity index is 1.68. The average Bonchev–Trinajstić information content (AvgIpc) is 2.73. The van der Waals surface area contributed by atoms with Crippen molar-refractivity contribution in [2.24, 2.45) is 0 Å². The van der Waals surface area contributed by atoms with Crippen LogP contribution in [0.4, 0.5) is 0 Å². The van der Waals surface area contributed by atoms with Crippen molar-refractivity contribution in [3.8, 4) is 5.75 Å². The molecule has 0 heterocycles. The van der Waals surface area contributed by atoms with Gasteiger partial charge in [0.05, 0.1) is 0 Å². The second kappa shape index (κ2) is 9.39. The van der Waals surface area contributed by atoms with Gasteiger partial charge in [-0.2, -0.15) is 0 Å². The Bertz CT molecular complexity index is 994. The summed E-state index contributed by atoms with van der Waals surface area (Å²) in [6, 6.07) is 21.2. The number of ether oxygens (including phenoxy) is 2. The minimum absolute atomic E-state index is 0.252. The number of Topliss-reactive ketones (excluding diaryl/α,β-unsaturated/α-hetero) is 1. The van der Waals surface area contributed by atoms with E-state index < -0.39 is 12.1 Å². The lowest BCUT2D eigenvalue weighted by molar-refractivity contribution is 0.0314. The first-order valence-electron chi connectivity index (χ1n) is 9.22. The third-order valence-corrected chi connectivity index (χ3v) is 4.66. The van der Waals surface area contributed by atoms with Crippen molar-refractivity contribution < 1.29 is 19.1 Å². The summed E-state index contributed by atoms with van der Waals surface area (Å²) >= 11 is 5.89. The van der Waals surface area contributed by atoms with Gasteiger partial charge in [-0.25, -0.2) is 4.79 Å². The number of hydrogen-bond donors (Lipinski definition) is 0. The highest BCUT2D eigenvalue weighted by atomic mass is 35.5. The third-order valence-electron chi connectivity index (χ3n) is 4.40. The van der Waals surface area contributed by atoms with Crippen molar-refractivity contribution >= 4 is 23.4 Å². The van der Waals surface area contributed by atoms with Gasteiger partial charge < -0.3 is 9.47 Å². The molecule has 4 nitrogen and oxygen atoms in total. The minimum Gasteiger partial charge on any atom is -0.488 e. The van der Waals surface area contributed by atoms with Crippen LogP contribution in [-0.4, -0.2) is 17.9 Å². The standard InChI is InChI=1S/C24H21ClO4/c1-16-7-11-19(12-8-16)23(26)17(2)29-24(27)21-5-3-4-6-22(21)28-15-18-9-13-20(25)14-10-18/h3-14,17H,15H2,1-2H3/t17-/m1/s1. The molecular formula is C24H21ClO4. The van der Waals surface area contributed by atoms with Crippen LogP contribution in [0.5, 0.6) is 5.75 Å². The van der Waals surface area contributed by atoms with Crippen molar-refractivity contribution in [3.05, 3.63) is 100 Å². The first-order chi connectivity index (χ1) is 13.9. The minimum atomic E-state index is -0.908. The fourth-order valence-electron chi connectivity index (χ4n) is 2.73. The molecule has 0 radical (unpaired) electrons. The van der Waals surface area contributed by atoms with E-state index in [9.17, 15) is 9.59 Å². The first-order valence-corrected chi connectivity index (χ1v) is 9.60. The van der Waals surface area contributed by atoms with Crippen LogP contribution in [0.3, 0.4) is 0 Å². The smallest absolute Gasteiger partial charge is 0.342 e. The summed E-state index contributed by atoms with van der Waals surface area (Å²) in [4.78, 5) is 25.2. The molecule has 0 fully saturated rings. The molecule has 3 rings (SSSR count). The zero-order valence-electron chi connectivity index (χ0n) is 16.2. The molecule has 0 amide bonds. The molecule has 0 saturated carbocycles. The molecule has 148 valence electrons. The molecule has 0 spiro atoms. The maximum atomic E-state index is 12.6. The second-order valence-corrected chi connectivity index (χ2v) is 7.13. The van der Waals surface area contributed by atoms with E-state index in [1.165, 1.54) is 0 Å². The van der Waals surface area contributed by atoms with Crippen molar-refractivity contribution in [2.75, 3.05) is 0 Å². The Morgan fingerprint density at radius 2 is 1.59 bits per heavy atom. The topological polar surface area (TPSA) is 52.6 Å². The number of ketones is 1. The maximum absolute atomic E-state index is 12.6. The number of esters is 1. The van der Waals surface area contributed by atoms with Gasteiger partial charge in [-0.15, -0.1) is 0 Å². The molecule has 0 N–H and O–H groups in total. The van der Waals surface area contributed by atoms with Gasteiger partial charge in [0.25, 0.3) is 0 Å². The summed E-state index contributed by atoms with van der Waals surface area (Å²) in [7, 11) is 0. The molecule has 0 aliphatic carbocycles. The van der Waals surface area contributed by atoms with E-state index in [-0.39, 0.29) is 18.0 Å². The number of halogens is 1. The molecule has 0 aliphatic rings. The predicted octanol–water partition coefficient (Wildman–Crippen LogP) is 5.66. The van der Waals surface area contributed by atoms with Gasteiger partial charge in [-0.3, -0.25) is 4.79 Å². The van der Waals surface area contributed by atoms with Gasteiger partial charge in [-0.05, 0) is 43.7 Å². The molecule has 0 aliphatic heterocycles. The van der Waals surface area contributed by atoms with Crippen LogP contribution in [-0.2, 0) is 11.3 Å². The van der Waals surface area contributed by atoms with Gasteiger partial charge in [0.2, 0.25) is 5.78 Å². The molecule has 0 unspecified atom stereocenters. The highest BCUT2D eigenvalue weighted by Gasteiger charge is 2.22. The van der Waals surface area contributed by atoms with Crippen LogP contribution < -0.4 is 4.74 Å². The summed E-state index contributed by atoms with van der Waals surface area (Å²) < 4.78 is 11.2. The van der Waals surface area contributed by atoms with Crippen molar-refractivity contribution in [2.45, 2.75) is 26.6 Å². The summed E-state index contributed by atoms with van der Waals surface area (Å²) in [5.74, 6) is -0.468. The van der Waals surface area contributed by atoms with Crippen molar-refractivity contribution in [1.29, 1.82) is 0 Å². The average molecular weight is 409 g/mol. The Kier molecular flexibility index (Phi) is 6.68. The normalized spacial score (nSPS) is 11.6. The highest BCUT2D eigenvalue weighted by molar-refractivity contribution is 6.30. The number of aryl methyl sites for hydroxylation is 1. The quantitative estimate of drug-likeness (QED) is 0.374. The van der Waals surface area contributed by atoms with E-state index in [0.29, 0.717) is 16.3 Å². The molecule has 5 heteroatoms. The Morgan fingerprint density at radius 3 is 2.28 bits per heavy atom. The summed E-state index contributed by atoms with van der Waals surface area (Å²) in [6.07, 6.45) is -0.908. The Morgan fingerprint density at radius 1 is 0.931 bits per heavy atom. The fourth-order valence-corrected chi connectivity index (χ4v) is 2.86. The van der Waals surface area contributed by atoms with Crippen molar-refractivity contribution in [1.82, 2.24) is 0 Å². The van der Waals surface area contributed by atoms with Crippen LogP contribution in [0.1, 0.15) is 38.8 Å². The number of rotatable bonds is 7. The lowest BCUT2D eigenvalue weighted by Crippen LogP contribution is -2.24. The first kappa shape index (κ1) is 20.6. The highest BCUT2D eigenvalue weighted by Crippen LogP contribution is 2.22. The van der Waals surface area contributed by atoms with Crippen LogP contribution in [0.25, 0.3) is 0 Å². The lowest BCUT2D eigenvalue weighted by atomic mass is 10.1. The maximum Gasteiger partial charge on any atom is 0.342 e. The molecule has 0 aromatic heterocycles. The Hall–Kier alpha value is -3.11. The number of para-hydroxylation sites is 1. The largest absolute Gasteiger partial charge is 0.488 e. The van der Waals surface area contributed by atoms with E-state index in [1.54, 1.807) is 55.5 Å². The van der Waals surface area contributed by atoms with Crippen LogP contribution in [0.15, 0.2) is 72.8 Å². The van der Waals surface area contributed by atoms with Crippen LogP contribution >= 0.6 is 11.6 Å². The zero-order valence-corrected chi connectivity index (χ0v) is 17.0. The Labute approximate surface area is 175 Å². The SMILES string of the molecule is Cc1ccc(C(=O)[C@@H](C)OC(=O)c2ccccc2OCc2ccc(Cl)cc2)cc1. The predicted molar refractivity (Wildman–Crippen MR) is 113 cm³/mol. The number of carbonyl (C=O) groups is 2. The van der Waals surface area contributed by atoms with E-state index in [4.69, 9.17) is 21.1 Å². The molecule has 3 aromatic carbocycles. The fraction of sp³-hybridized carbons (Fsp3) is 0.167. The molecule has 0 saturated heterocycles. The van der Waals surface area contributed by atoms with Gasteiger partial charge in [0.1, 0.15) is 17.9 Å². The van der Waals surface area contributed by atoms with E-state index in [1.807, 2.05) is 31.2 Å². The summed E-state index contributed by atoms with van der Waals surface area (Å²) in [6.45, 7) is 3.79. The molecule has 0 bridgehead atoms. The van der Waals surface area contributed by atoms with E-state index in [2.05, 4.69) is 0 Å². The molecular weight excluding hydrogens is 388 g/mol.